The van der Waals surface area contributed by atoms with Gasteiger partial charge in [-0.1, -0.05) is 6.07 Å². The minimum atomic E-state index is -0.223. The van der Waals surface area contributed by atoms with Crippen LogP contribution in [0.5, 0.6) is 0 Å². The van der Waals surface area contributed by atoms with E-state index in [1.165, 1.54) is 10.5 Å². The van der Waals surface area contributed by atoms with Gasteiger partial charge in [0.05, 0.1) is 6.10 Å². The molecule has 2 heteroatoms. The molecule has 1 atom stereocenters. The van der Waals surface area contributed by atoms with Crippen LogP contribution in [-0.4, -0.2) is 11.4 Å². The fourth-order valence-electron chi connectivity index (χ4n) is 1.89. The summed E-state index contributed by atoms with van der Waals surface area (Å²) in [7, 11) is 0. The highest BCUT2D eigenvalue weighted by atomic mass is 32.2. The van der Waals surface area contributed by atoms with E-state index in [0.29, 0.717) is 0 Å². The summed E-state index contributed by atoms with van der Waals surface area (Å²) in [5, 5.41) is 9.72. The molecule has 13 heavy (non-hydrogen) atoms. The Bertz CT molecular complexity index is 309. The maximum atomic E-state index is 9.72. The monoisotopic (exact) mass is 194 g/mol. The van der Waals surface area contributed by atoms with Gasteiger partial charge in [-0.15, -0.1) is 11.8 Å². The summed E-state index contributed by atoms with van der Waals surface area (Å²) >= 11 is 1.76. The topological polar surface area (TPSA) is 20.2 Å². The predicted octanol–water partition coefficient (Wildman–Crippen LogP) is 2.78. The zero-order chi connectivity index (χ0) is 9.26. The van der Waals surface area contributed by atoms with Gasteiger partial charge in [0, 0.05) is 4.90 Å². The summed E-state index contributed by atoms with van der Waals surface area (Å²) in [6.07, 6.45) is 5.03. The van der Waals surface area contributed by atoms with E-state index in [1.807, 2.05) is 0 Å². The van der Waals surface area contributed by atoms with Gasteiger partial charge in [0.15, 0.2) is 0 Å². The van der Waals surface area contributed by atoms with Crippen molar-refractivity contribution >= 4 is 11.8 Å². The molecule has 0 fully saturated rings. The van der Waals surface area contributed by atoms with Gasteiger partial charge >= 0.3 is 0 Å². The summed E-state index contributed by atoms with van der Waals surface area (Å²) in [5.41, 5.74) is 2.48. The van der Waals surface area contributed by atoms with Crippen molar-refractivity contribution in [2.45, 2.75) is 30.3 Å². The first-order valence-electron chi connectivity index (χ1n) is 4.66. The minimum Gasteiger partial charge on any atom is -0.388 e. The van der Waals surface area contributed by atoms with Crippen LogP contribution in [0.15, 0.2) is 23.1 Å². The lowest BCUT2D eigenvalue weighted by Gasteiger charge is -2.21. The number of aryl methyl sites for hydroxylation is 1. The van der Waals surface area contributed by atoms with Gasteiger partial charge in [-0.3, -0.25) is 0 Å². The van der Waals surface area contributed by atoms with E-state index in [1.54, 1.807) is 11.8 Å². The lowest BCUT2D eigenvalue weighted by atomic mass is 9.90. The fourth-order valence-corrected chi connectivity index (χ4v) is 2.36. The Kier molecular flexibility index (Phi) is 2.61. The summed E-state index contributed by atoms with van der Waals surface area (Å²) in [6, 6.07) is 6.38. The van der Waals surface area contributed by atoms with Crippen LogP contribution in [0.25, 0.3) is 0 Å². The van der Waals surface area contributed by atoms with Crippen molar-refractivity contribution in [3.05, 3.63) is 29.3 Å². The van der Waals surface area contributed by atoms with Crippen LogP contribution in [0.3, 0.4) is 0 Å². The molecule has 1 nitrogen and oxygen atoms in total. The third-order valence-corrected chi connectivity index (χ3v) is 3.36. The summed E-state index contributed by atoms with van der Waals surface area (Å²) in [4.78, 5) is 1.30. The average molecular weight is 194 g/mol. The molecule has 70 valence electrons. The highest BCUT2D eigenvalue weighted by Gasteiger charge is 2.17. The number of rotatable bonds is 1. The van der Waals surface area contributed by atoms with Crippen molar-refractivity contribution in [3.8, 4) is 0 Å². The second-order valence-electron chi connectivity index (χ2n) is 3.47. The van der Waals surface area contributed by atoms with E-state index in [0.717, 1.165) is 24.8 Å². The van der Waals surface area contributed by atoms with Crippen molar-refractivity contribution in [2.24, 2.45) is 0 Å². The highest BCUT2D eigenvalue weighted by molar-refractivity contribution is 7.98. The Balaban J connectivity index is 2.39. The summed E-state index contributed by atoms with van der Waals surface area (Å²) in [6.45, 7) is 0. The summed E-state index contributed by atoms with van der Waals surface area (Å²) in [5.74, 6) is 0. The van der Waals surface area contributed by atoms with E-state index in [9.17, 15) is 5.11 Å². The maximum Gasteiger partial charge on any atom is 0.0792 e. The Morgan fingerprint density at radius 2 is 2.31 bits per heavy atom. The van der Waals surface area contributed by atoms with Gasteiger partial charge in [-0.25, -0.2) is 0 Å². The zero-order valence-electron chi connectivity index (χ0n) is 7.79. The molecule has 1 aromatic rings. The van der Waals surface area contributed by atoms with Crippen molar-refractivity contribution in [1.82, 2.24) is 0 Å². The third kappa shape index (κ3) is 1.74. The van der Waals surface area contributed by atoms with Crippen LogP contribution >= 0.6 is 11.8 Å². The van der Waals surface area contributed by atoms with Crippen LogP contribution in [0.2, 0.25) is 0 Å². The van der Waals surface area contributed by atoms with Crippen molar-refractivity contribution in [1.29, 1.82) is 0 Å². The smallest absolute Gasteiger partial charge is 0.0792 e. The van der Waals surface area contributed by atoms with Crippen molar-refractivity contribution < 1.29 is 5.11 Å². The van der Waals surface area contributed by atoms with Gasteiger partial charge in [0.2, 0.25) is 0 Å². The number of aliphatic hydroxyl groups is 1. The second kappa shape index (κ2) is 3.72. The van der Waals surface area contributed by atoms with E-state index in [2.05, 4.69) is 24.5 Å². The normalized spacial score (nSPS) is 21.2. The number of thioether (sulfide) groups is 1. The Hall–Kier alpha value is -0.470. The Morgan fingerprint density at radius 3 is 3.08 bits per heavy atom. The predicted molar refractivity (Wildman–Crippen MR) is 56.1 cm³/mol. The van der Waals surface area contributed by atoms with E-state index in [-0.39, 0.29) is 6.10 Å². The molecule has 0 saturated carbocycles. The summed E-state index contributed by atoms with van der Waals surface area (Å²) < 4.78 is 0. The second-order valence-corrected chi connectivity index (χ2v) is 4.35. The molecule has 0 radical (unpaired) electrons. The van der Waals surface area contributed by atoms with Crippen LogP contribution in [-0.2, 0) is 6.42 Å². The first-order chi connectivity index (χ1) is 6.31. The van der Waals surface area contributed by atoms with Gasteiger partial charge in [0.1, 0.15) is 0 Å². The molecule has 0 heterocycles. The molecule has 0 aromatic heterocycles. The molecule has 1 aliphatic carbocycles. The zero-order valence-corrected chi connectivity index (χ0v) is 8.60. The Labute approximate surface area is 83.2 Å². The van der Waals surface area contributed by atoms with Crippen LogP contribution in [0.4, 0.5) is 0 Å². The lowest BCUT2D eigenvalue weighted by molar-refractivity contribution is 0.156. The third-order valence-electron chi connectivity index (χ3n) is 2.63. The van der Waals surface area contributed by atoms with Crippen LogP contribution in [0, 0.1) is 0 Å². The number of aliphatic hydroxyl groups excluding tert-OH is 1. The van der Waals surface area contributed by atoms with Gasteiger partial charge in [-0.2, -0.15) is 0 Å². The molecule has 1 aromatic carbocycles. The van der Waals surface area contributed by atoms with Crippen molar-refractivity contribution in [3.63, 3.8) is 0 Å². The number of benzene rings is 1. The number of hydrogen-bond donors (Lipinski definition) is 1. The molecule has 0 amide bonds. The van der Waals surface area contributed by atoms with Crippen LogP contribution in [0.1, 0.15) is 30.1 Å². The first kappa shape index (κ1) is 9.10. The minimum absolute atomic E-state index is 0.223. The van der Waals surface area contributed by atoms with Crippen LogP contribution < -0.4 is 0 Å². The highest BCUT2D eigenvalue weighted by Crippen LogP contribution is 2.31. The van der Waals surface area contributed by atoms with E-state index >= 15 is 0 Å². The van der Waals surface area contributed by atoms with Gasteiger partial charge in [-0.05, 0) is 48.8 Å². The largest absolute Gasteiger partial charge is 0.388 e. The molecular formula is C11H14OS. The van der Waals surface area contributed by atoms with Gasteiger partial charge < -0.3 is 5.11 Å². The molecule has 1 aliphatic rings. The quantitative estimate of drug-likeness (QED) is 0.694. The van der Waals surface area contributed by atoms with E-state index < -0.39 is 0 Å². The molecular weight excluding hydrogens is 180 g/mol. The molecule has 0 spiro atoms. The SMILES string of the molecule is CSc1ccc2c(c1)CCCC2O. The molecule has 0 bridgehead atoms. The average Bonchev–Trinajstić information content (AvgIpc) is 2.18. The van der Waals surface area contributed by atoms with E-state index in [4.69, 9.17) is 0 Å². The molecule has 1 unspecified atom stereocenters. The molecule has 0 aliphatic heterocycles. The molecule has 2 rings (SSSR count). The molecule has 1 N–H and O–H groups in total. The lowest BCUT2D eigenvalue weighted by Crippen LogP contribution is -2.08. The fraction of sp³-hybridized carbons (Fsp3) is 0.455. The standard InChI is InChI=1S/C11H14OS/c1-13-9-5-6-10-8(7-9)3-2-4-11(10)12/h5-7,11-12H,2-4H2,1H3. The number of hydrogen-bond acceptors (Lipinski definition) is 2. The molecule has 0 saturated heterocycles. The number of fused-ring (bicyclic) bond motifs is 1. The van der Waals surface area contributed by atoms with Gasteiger partial charge in [0.25, 0.3) is 0 Å². The Morgan fingerprint density at radius 1 is 1.46 bits per heavy atom. The van der Waals surface area contributed by atoms with Crippen molar-refractivity contribution in [2.75, 3.05) is 6.26 Å². The maximum absolute atomic E-state index is 9.72. The first-order valence-corrected chi connectivity index (χ1v) is 5.88.